The van der Waals surface area contributed by atoms with Crippen LogP contribution in [0.25, 0.3) is 5.76 Å². The van der Waals surface area contributed by atoms with Gasteiger partial charge in [-0.3, -0.25) is 9.69 Å². The zero-order chi connectivity index (χ0) is 26.5. The number of amides is 1. The number of benzene rings is 2. The summed E-state index contributed by atoms with van der Waals surface area (Å²) >= 11 is 6.93. The molecule has 3 N–H and O–H groups in total. The maximum Gasteiger partial charge on any atom is 0.257 e. The summed E-state index contributed by atoms with van der Waals surface area (Å²) in [5.41, 5.74) is 3.64. The van der Waals surface area contributed by atoms with Gasteiger partial charge in [0.15, 0.2) is 12.4 Å². The summed E-state index contributed by atoms with van der Waals surface area (Å²) < 4.78 is 17.2. The van der Waals surface area contributed by atoms with E-state index in [2.05, 4.69) is 38.0 Å². The summed E-state index contributed by atoms with van der Waals surface area (Å²) in [5.74, 6) is 1.87. The second kappa shape index (κ2) is 11.8. The summed E-state index contributed by atoms with van der Waals surface area (Å²) in [6.07, 6.45) is 3.12. The molecule has 0 bridgehead atoms. The van der Waals surface area contributed by atoms with E-state index in [4.69, 9.17) is 25.8 Å². The monoisotopic (exact) mass is 537 g/mol. The van der Waals surface area contributed by atoms with Gasteiger partial charge in [0.2, 0.25) is 6.23 Å². The number of nitrogens with one attached hydrogen (secondary N) is 3. The number of likely N-dealkylation sites (N-methyl/N-ethyl adjacent to an activating group) is 1. The summed E-state index contributed by atoms with van der Waals surface area (Å²) in [6, 6.07) is 15.7. The molecule has 0 aromatic heterocycles. The Balaban J connectivity index is 1.26. The molecule has 0 saturated carbocycles. The molecular weight excluding hydrogens is 506 g/mol. The van der Waals surface area contributed by atoms with Crippen LogP contribution < -0.4 is 25.4 Å². The number of nitrogens with zero attached hydrogens (tertiary/aromatic N) is 2. The van der Waals surface area contributed by atoms with E-state index < -0.39 is 6.23 Å². The van der Waals surface area contributed by atoms with Crippen LogP contribution in [0.4, 0.5) is 0 Å². The van der Waals surface area contributed by atoms with Crippen molar-refractivity contribution >= 4 is 29.6 Å². The molecule has 0 aliphatic carbocycles. The molecule has 0 radical (unpaired) electrons. The van der Waals surface area contributed by atoms with Crippen molar-refractivity contribution in [2.24, 2.45) is 4.99 Å². The topological polar surface area (TPSA) is 96.5 Å². The van der Waals surface area contributed by atoms with Gasteiger partial charge in [-0.15, -0.1) is 0 Å². The Morgan fingerprint density at radius 1 is 1.18 bits per heavy atom. The van der Waals surface area contributed by atoms with Crippen molar-refractivity contribution in [1.29, 1.82) is 0 Å². The van der Waals surface area contributed by atoms with Gasteiger partial charge in [0.1, 0.15) is 22.2 Å². The lowest BCUT2D eigenvalue weighted by Gasteiger charge is -2.35. The van der Waals surface area contributed by atoms with Gasteiger partial charge in [-0.25, -0.2) is 4.99 Å². The molecular formula is C28H32ClN5O4. The normalized spacial score (nSPS) is 19.5. The van der Waals surface area contributed by atoms with E-state index >= 15 is 0 Å². The van der Waals surface area contributed by atoms with Gasteiger partial charge in [-0.05, 0) is 43.2 Å². The smallest absolute Gasteiger partial charge is 0.257 e. The lowest BCUT2D eigenvalue weighted by atomic mass is 10.0. The predicted molar refractivity (Wildman–Crippen MR) is 147 cm³/mol. The molecule has 9 nitrogen and oxygen atoms in total. The Hall–Kier alpha value is -3.69. The molecule has 38 heavy (non-hydrogen) atoms. The first-order valence-corrected chi connectivity index (χ1v) is 13.1. The number of piperidine rings is 1. The van der Waals surface area contributed by atoms with Crippen LogP contribution in [0.3, 0.4) is 0 Å². The van der Waals surface area contributed by atoms with Crippen LogP contribution in [-0.4, -0.2) is 63.3 Å². The number of ether oxygens (including phenoxy) is 3. The van der Waals surface area contributed by atoms with E-state index in [-0.39, 0.29) is 18.6 Å². The highest BCUT2D eigenvalue weighted by Crippen LogP contribution is 2.38. The molecule has 1 amide bonds. The van der Waals surface area contributed by atoms with Crippen LogP contribution in [0.5, 0.6) is 11.5 Å². The molecule has 1 unspecified atom stereocenters. The Labute approximate surface area is 227 Å². The van der Waals surface area contributed by atoms with Crippen molar-refractivity contribution in [2.45, 2.75) is 31.7 Å². The van der Waals surface area contributed by atoms with E-state index in [9.17, 15) is 4.79 Å². The molecule has 200 valence electrons. The molecule has 3 aliphatic rings. The first kappa shape index (κ1) is 25.9. The molecule has 0 spiro atoms. The van der Waals surface area contributed by atoms with Crippen molar-refractivity contribution in [3.8, 4) is 11.5 Å². The maximum absolute atomic E-state index is 11.5. The van der Waals surface area contributed by atoms with Gasteiger partial charge >= 0.3 is 0 Å². The van der Waals surface area contributed by atoms with E-state index in [0.717, 1.165) is 55.2 Å². The van der Waals surface area contributed by atoms with Gasteiger partial charge in [-0.1, -0.05) is 29.8 Å². The molecule has 2 aromatic rings. The first-order valence-electron chi connectivity index (χ1n) is 12.7. The number of carbonyl (C=O) groups is 1. The number of methoxy groups -OCH3 is 1. The number of likely N-dealkylation sites (tertiary alicyclic amines) is 1. The number of carbonyl (C=O) groups excluding carboxylic acids is 1. The molecule has 5 rings (SSSR count). The lowest BCUT2D eigenvalue weighted by molar-refractivity contribution is -0.122. The molecule has 1 saturated heterocycles. The van der Waals surface area contributed by atoms with Crippen LogP contribution >= 0.6 is 11.6 Å². The third kappa shape index (κ3) is 5.74. The second-order valence-corrected chi connectivity index (χ2v) is 9.70. The minimum atomic E-state index is -0.482. The molecule has 1 fully saturated rings. The maximum atomic E-state index is 11.5. The van der Waals surface area contributed by atoms with Crippen molar-refractivity contribution < 1.29 is 19.0 Å². The van der Waals surface area contributed by atoms with Crippen LogP contribution in [0.2, 0.25) is 0 Å². The number of hydrogen-bond acceptors (Lipinski definition) is 8. The lowest BCUT2D eigenvalue weighted by Crippen LogP contribution is -2.43. The fourth-order valence-corrected chi connectivity index (χ4v) is 5.08. The number of hydrogen-bond donors (Lipinski definition) is 3. The van der Waals surface area contributed by atoms with Gasteiger partial charge in [0.25, 0.3) is 5.91 Å². The molecule has 1 atom stereocenters. The van der Waals surface area contributed by atoms with Gasteiger partial charge in [0, 0.05) is 43.9 Å². The average Bonchev–Trinajstić information content (AvgIpc) is 3.43. The largest absolute Gasteiger partial charge is 0.496 e. The van der Waals surface area contributed by atoms with Gasteiger partial charge in [0.05, 0.1) is 19.1 Å². The summed E-state index contributed by atoms with van der Waals surface area (Å²) in [6.45, 7) is 2.75. The highest BCUT2D eigenvalue weighted by Gasteiger charge is 2.34. The standard InChI is InChI=1S/C28H32ClN5O4/c1-30-23(35)16-37-21-9-7-18(8-10-21)27-24(29)25(26-28(38-27)32-17-31-26)33-20-11-13-34(14-12-20)15-19-5-3-4-6-22(19)36-2/h3-10,17,20,28,33H,11-16H2,1-2H3,(H,30,35)(H,31,32). The van der Waals surface area contributed by atoms with Crippen molar-refractivity contribution in [1.82, 2.24) is 20.9 Å². The first-order chi connectivity index (χ1) is 18.6. The number of allylic oxidation sites excluding steroid dienone is 1. The zero-order valence-corrected chi connectivity index (χ0v) is 22.3. The summed E-state index contributed by atoms with van der Waals surface area (Å²) in [5, 5.41) is 9.92. The summed E-state index contributed by atoms with van der Waals surface area (Å²) in [4.78, 5) is 18.3. The highest BCUT2D eigenvalue weighted by molar-refractivity contribution is 6.35. The molecule has 3 aliphatic heterocycles. The van der Waals surface area contributed by atoms with Gasteiger partial charge in [-0.2, -0.15) is 0 Å². The highest BCUT2D eigenvalue weighted by atomic mass is 35.5. The Morgan fingerprint density at radius 2 is 1.95 bits per heavy atom. The van der Waals surface area contributed by atoms with Crippen LogP contribution in [0.1, 0.15) is 24.0 Å². The quantitative estimate of drug-likeness (QED) is 0.452. The Kier molecular flexibility index (Phi) is 8.05. The molecule has 10 heteroatoms. The fourth-order valence-electron chi connectivity index (χ4n) is 4.77. The Bertz CT molecular complexity index is 1250. The zero-order valence-electron chi connectivity index (χ0n) is 21.5. The van der Waals surface area contributed by atoms with Gasteiger partial charge < -0.3 is 30.2 Å². The minimum Gasteiger partial charge on any atom is -0.496 e. The van der Waals surface area contributed by atoms with Crippen molar-refractivity contribution in [3.63, 3.8) is 0 Å². The van der Waals surface area contributed by atoms with Crippen LogP contribution in [0.15, 0.2) is 69.9 Å². The number of halogens is 1. The third-order valence-electron chi connectivity index (χ3n) is 6.88. The fraction of sp³-hybridized carbons (Fsp3) is 0.357. The molecule has 3 heterocycles. The number of rotatable bonds is 9. The van der Waals surface area contributed by atoms with Crippen molar-refractivity contribution in [2.75, 3.05) is 33.9 Å². The number of para-hydroxylation sites is 1. The predicted octanol–water partition coefficient (Wildman–Crippen LogP) is 3.18. The van der Waals surface area contributed by atoms with E-state index in [1.165, 1.54) is 5.56 Å². The molecule has 2 aromatic carbocycles. The number of aliphatic imine (C=N–C) groups is 1. The van der Waals surface area contributed by atoms with Crippen molar-refractivity contribution in [3.05, 3.63) is 76.1 Å². The summed E-state index contributed by atoms with van der Waals surface area (Å²) in [7, 11) is 3.29. The Morgan fingerprint density at radius 3 is 2.68 bits per heavy atom. The SMILES string of the molecule is CNC(=O)COc1ccc(C2=C(Cl)C(NC3CCN(Cc4ccccc4OC)CC3)=C3NC=NC3O2)cc1. The number of fused-ring (bicyclic) bond motifs is 1. The second-order valence-electron chi connectivity index (χ2n) is 9.32. The van der Waals surface area contributed by atoms with Crippen LogP contribution in [-0.2, 0) is 16.1 Å². The van der Waals surface area contributed by atoms with E-state index in [0.29, 0.717) is 16.5 Å². The third-order valence-corrected chi connectivity index (χ3v) is 7.24. The van der Waals surface area contributed by atoms with Crippen LogP contribution in [0, 0.1) is 0 Å². The van der Waals surface area contributed by atoms with E-state index in [1.54, 1.807) is 32.6 Å². The average molecular weight is 538 g/mol. The van der Waals surface area contributed by atoms with E-state index in [1.807, 2.05) is 24.3 Å². The minimum absolute atomic E-state index is 0.0455.